The Kier molecular flexibility index (Phi) is 4.74. The zero-order valence-corrected chi connectivity index (χ0v) is 11.8. The first-order chi connectivity index (χ1) is 10.4. The van der Waals surface area contributed by atoms with E-state index in [1.165, 1.54) is 12.3 Å². The van der Waals surface area contributed by atoms with Gasteiger partial charge in [0.05, 0.1) is 17.2 Å². The van der Waals surface area contributed by atoms with Gasteiger partial charge in [-0.25, -0.2) is 4.85 Å². The van der Waals surface area contributed by atoms with Gasteiger partial charge in [-0.2, -0.15) is 13.2 Å². The largest absolute Gasteiger partial charge is 0.457 e. The Morgan fingerprint density at radius 3 is 2.27 bits per heavy atom. The summed E-state index contributed by atoms with van der Waals surface area (Å²) >= 11 is 5.55. The number of alkyl halides is 3. The van der Waals surface area contributed by atoms with Crippen LogP contribution in [0.5, 0.6) is 11.5 Å². The van der Waals surface area contributed by atoms with Gasteiger partial charge in [-0.05, 0) is 35.9 Å². The molecule has 2 aromatic carbocycles. The van der Waals surface area contributed by atoms with Crippen LogP contribution < -0.4 is 4.74 Å². The van der Waals surface area contributed by atoms with Gasteiger partial charge < -0.3 is 4.74 Å². The van der Waals surface area contributed by atoms with E-state index < -0.39 is 11.7 Å². The maximum atomic E-state index is 12.8. The van der Waals surface area contributed by atoms with Crippen LogP contribution in [0.1, 0.15) is 11.1 Å². The highest BCUT2D eigenvalue weighted by molar-refractivity contribution is 6.31. The molecule has 0 aromatic heterocycles. The van der Waals surface area contributed by atoms with Gasteiger partial charge in [-0.3, -0.25) is 0 Å². The SMILES string of the molecule is [C-]#[N+]C=Cc1ccc(Oc2ccc(Cl)c(C(F)(F)F)c2)cc1. The standard InChI is InChI=1S/C16H9ClF3NO/c1-21-9-8-11-2-4-12(5-3-11)22-13-6-7-15(17)14(10-13)16(18,19)20/h2-10H. The summed E-state index contributed by atoms with van der Waals surface area (Å²) in [6, 6.07) is 9.96. The molecule has 0 atom stereocenters. The molecule has 0 bridgehead atoms. The minimum atomic E-state index is -4.54. The fraction of sp³-hybridized carbons (Fsp3) is 0.0625. The van der Waals surface area contributed by atoms with Crippen molar-refractivity contribution >= 4 is 17.7 Å². The Morgan fingerprint density at radius 2 is 1.68 bits per heavy atom. The van der Waals surface area contributed by atoms with Crippen molar-refractivity contribution in [1.82, 2.24) is 0 Å². The summed E-state index contributed by atoms with van der Waals surface area (Å²) in [5.41, 5.74) is -0.154. The van der Waals surface area contributed by atoms with E-state index in [0.717, 1.165) is 17.7 Å². The zero-order chi connectivity index (χ0) is 16.2. The summed E-state index contributed by atoms with van der Waals surface area (Å²) in [6.45, 7) is 6.64. The molecule has 2 nitrogen and oxygen atoms in total. The van der Waals surface area contributed by atoms with Gasteiger partial charge in [0.2, 0.25) is 0 Å². The monoisotopic (exact) mass is 323 g/mol. The molecule has 0 N–H and O–H groups in total. The van der Waals surface area contributed by atoms with Crippen LogP contribution in [0.15, 0.2) is 48.7 Å². The predicted octanol–water partition coefficient (Wildman–Crippen LogP) is 6.04. The van der Waals surface area contributed by atoms with Gasteiger partial charge in [0, 0.05) is 0 Å². The maximum Gasteiger partial charge on any atom is 0.417 e. The lowest BCUT2D eigenvalue weighted by Gasteiger charge is -2.12. The first-order valence-electron chi connectivity index (χ1n) is 6.08. The second kappa shape index (κ2) is 6.54. The average molecular weight is 324 g/mol. The van der Waals surface area contributed by atoms with Crippen LogP contribution in [0.3, 0.4) is 0 Å². The van der Waals surface area contributed by atoms with Gasteiger partial charge in [0.1, 0.15) is 11.5 Å². The van der Waals surface area contributed by atoms with Crippen LogP contribution in [0.2, 0.25) is 5.02 Å². The predicted molar refractivity (Wildman–Crippen MR) is 78.6 cm³/mol. The normalized spacial score (nSPS) is 11.4. The first kappa shape index (κ1) is 15.9. The third kappa shape index (κ3) is 4.03. The van der Waals surface area contributed by atoms with Crippen molar-refractivity contribution in [3.05, 3.63) is 76.2 Å². The van der Waals surface area contributed by atoms with Gasteiger partial charge in [-0.1, -0.05) is 29.8 Å². The van der Waals surface area contributed by atoms with E-state index >= 15 is 0 Å². The second-order valence-electron chi connectivity index (χ2n) is 4.26. The van der Waals surface area contributed by atoms with Crippen molar-refractivity contribution in [3.8, 4) is 11.5 Å². The lowest BCUT2D eigenvalue weighted by atomic mass is 10.2. The minimum absolute atomic E-state index is 0.0428. The van der Waals surface area contributed by atoms with E-state index in [9.17, 15) is 13.2 Å². The van der Waals surface area contributed by atoms with Crippen molar-refractivity contribution in [2.45, 2.75) is 6.18 Å². The molecule has 0 aliphatic rings. The number of halogens is 4. The molecular formula is C16H9ClF3NO. The molecular weight excluding hydrogens is 315 g/mol. The summed E-state index contributed by atoms with van der Waals surface area (Å²) in [7, 11) is 0. The number of ether oxygens (including phenoxy) is 1. The fourth-order valence-corrected chi connectivity index (χ4v) is 1.92. The molecule has 0 saturated heterocycles. The molecule has 0 heterocycles. The van der Waals surface area contributed by atoms with E-state index in [4.69, 9.17) is 22.9 Å². The number of hydrogen-bond donors (Lipinski definition) is 0. The van der Waals surface area contributed by atoms with Crippen LogP contribution in [0.25, 0.3) is 10.9 Å². The Balaban J connectivity index is 2.21. The van der Waals surface area contributed by atoms with E-state index in [1.54, 1.807) is 30.3 Å². The van der Waals surface area contributed by atoms with Gasteiger partial charge in [0.25, 0.3) is 0 Å². The lowest BCUT2D eigenvalue weighted by molar-refractivity contribution is -0.137. The summed E-state index contributed by atoms with van der Waals surface area (Å²) < 4.78 is 43.7. The van der Waals surface area contributed by atoms with Crippen molar-refractivity contribution in [2.75, 3.05) is 0 Å². The Hall–Kier alpha value is -2.45. The van der Waals surface area contributed by atoms with Crippen LogP contribution in [-0.4, -0.2) is 0 Å². The highest BCUT2D eigenvalue weighted by Gasteiger charge is 2.33. The summed E-state index contributed by atoms with van der Waals surface area (Å²) in [4.78, 5) is 3.08. The van der Waals surface area contributed by atoms with Crippen LogP contribution in [0, 0.1) is 6.57 Å². The smallest absolute Gasteiger partial charge is 0.417 e. The van der Waals surface area contributed by atoms with Crippen LogP contribution in [0.4, 0.5) is 13.2 Å². The number of nitrogens with zero attached hydrogens (tertiary/aromatic N) is 1. The third-order valence-electron chi connectivity index (χ3n) is 2.70. The molecule has 0 saturated carbocycles. The van der Waals surface area contributed by atoms with Gasteiger partial charge in [0.15, 0.2) is 6.20 Å². The fourth-order valence-electron chi connectivity index (χ4n) is 1.69. The number of rotatable bonds is 3. The minimum Gasteiger partial charge on any atom is -0.457 e. The summed E-state index contributed by atoms with van der Waals surface area (Å²) in [5.74, 6) is 0.427. The Morgan fingerprint density at radius 1 is 1.05 bits per heavy atom. The van der Waals surface area contributed by atoms with Crippen LogP contribution in [-0.2, 0) is 6.18 Å². The van der Waals surface area contributed by atoms with Crippen molar-refractivity contribution in [1.29, 1.82) is 0 Å². The maximum absolute atomic E-state index is 12.8. The Labute approximate surface area is 130 Å². The van der Waals surface area contributed by atoms with Crippen molar-refractivity contribution in [2.24, 2.45) is 0 Å². The molecule has 0 unspecified atom stereocenters. The topological polar surface area (TPSA) is 13.6 Å². The molecule has 0 spiro atoms. The van der Waals surface area contributed by atoms with E-state index in [-0.39, 0.29) is 10.8 Å². The number of hydrogen-bond acceptors (Lipinski definition) is 1. The van der Waals surface area contributed by atoms with E-state index in [1.807, 2.05) is 0 Å². The summed E-state index contributed by atoms with van der Waals surface area (Å²) in [6.07, 6.45) is -1.61. The molecule has 6 heteroatoms. The van der Waals surface area contributed by atoms with Gasteiger partial charge >= 0.3 is 6.18 Å². The van der Waals surface area contributed by atoms with Gasteiger partial charge in [-0.15, -0.1) is 0 Å². The first-order valence-corrected chi connectivity index (χ1v) is 6.46. The second-order valence-corrected chi connectivity index (χ2v) is 4.66. The molecule has 0 aliphatic heterocycles. The average Bonchev–Trinajstić information content (AvgIpc) is 2.47. The molecule has 2 rings (SSSR count). The van der Waals surface area contributed by atoms with E-state index in [0.29, 0.717) is 5.75 Å². The molecule has 0 radical (unpaired) electrons. The molecule has 22 heavy (non-hydrogen) atoms. The molecule has 2 aromatic rings. The van der Waals surface area contributed by atoms with Crippen molar-refractivity contribution < 1.29 is 17.9 Å². The van der Waals surface area contributed by atoms with Crippen molar-refractivity contribution in [3.63, 3.8) is 0 Å². The highest BCUT2D eigenvalue weighted by atomic mass is 35.5. The Bertz CT molecular complexity index is 731. The highest BCUT2D eigenvalue weighted by Crippen LogP contribution is 2.37. The zero-order valence-electron chi connectivity index (χ0n) is 11.1. The molecule has 0 fully saturated rings. The van der Waals surface area contributed by atoms with E-state index in [2.05, 4.69) is 4.85 Å². The molecule has 0 aliphatic carbocycles. The summed E-state index contributed by atoms with van der Waals surface area (Å²) in [5, 5.41) is -0.375. The number of benzene rings is 2. The molecule has 0 amide bonds. The third-order valence-corrected chi connectivity index (χ3v) is 3.03. The lowest BCUT2D eigenvalue weighted by Crippen LogP contribution is -2.05. The quantitative estimate of drug-likeness (QED) is 0.628. The molecule has 112 valence electrons. The van der Waals surface area contributed by atoms with Crippen LogP contribution >= 0.6 is 11.6 Å².